The van der Waals surface area contributed by atoms with E-state index < -0.39 is 0 Å². The van der Waals surface area contributed by atoms with Crippen LogP contribution in [-0.4, -0.2) is 41.3 Å². The second-order valence-corrected chi connectivity index (χ2v) is 8.63. The maximum absolute atomic E-state index is 13.1. The Bertz CT molecular complexity index is 1000. The van der Waals surface area contributed by atoms with E-state index in [4.69, 9.17) is 9.47 Å². The van der Waals surface area contributed by atoms with Crippen molar-refractivity contribution in [1.82, 2.24) is 9.88 Å². The molecular formula is C23H25N3O3S. The molecule has 1 aromatic carbocycles. The summed E-state index contributed by atoms with van der Waals surface area (Å²) in [6, 6.07) is 10.2. The number of amides is 1. The summed E-state index contributed by atoms with van der Waals surface area (Å²) in [7, 11) is 0. The van der Waals surface area contributed by atoms with Crippen LogP contribution in [0.25, 0.3) is 0 Å². The third-order valence-electron chi connectivity index (χ3n) is 5.49. The van der Waals surface area contributed by atoms with Gasteiger partial charge < -0.3 is 14.4 Å². The molecule has 1 fully saturated rings. The Morgan fingerprint density at radius 2 is 2.03 bits per heavy atom. The SMILES string of the molecule is Cc1cc(C)c(C#N)c(SCC(=O)N2CCCC2c2ccc3c(c2)OCCCO3)n1. The first kappa shape index (κ1) is 20.5. The minimum absolute atomic E-state index is 0.0397. The van der Waals surface area contributed by atoms with Gasteiger partial charge in [-0.3, -0.25) is 4.79 Å². The normalized spacial score (nSPS) is 18.0. The molecule has 1 amide bonds. The Hall–Kier alpha value is -2.72. The predicted molar refractivity (Wildman–Crippen MR) is 115 cm³/mol. The molecule has 0 spiro atoms. The summed E-state index contributed by atoms with van der Waals surface area (Å²) >= 11 is 1.35. The van der Waals surface area contributed by atoms with Crippen molar-refractivity contribution in [2.45, 2.75) is 44.2 Å². The van der Waals surface area contributed by atoms with Gasteiger partial charge in [0.15, 0.2) is 11.5 Å². The van der Waals surface area contributed by atoms with Crippen molar-refractivity contribution in [3.63, 3.8) is 0 Å². The topological polar surface area (TPSA) is 75.5 Å². The minimum atomic E-state index is 0.0397. The number of nitriles is 1. The first-order valence-electron chi connectivity index (χ1n) is 10.3. The van der Waals surface area contributed by atoms with Crippen LogP contribution in [0.15, 0.2) is 29.3 Å². The quantitative estimate of drug-likeness (QED) is 0.687. The van der Waals surface area contributed by atoms with Gasteiger partial charge in [0.25, 0.3) is 0 Å². The number of pyridine rings is 1. The van der Waals surface area contributed by atoms with E-state index in [1.54, 1.807) is 0 Å². The largest absolute Gasteiger partial charge is 0.490 e. The number of fused-ring (bicyclic) bond motifs is 1. The van der Waals surface area contributed by atoms with Crippen molar-refractivity contribution in [1.29, 1.82) is 5.26 Å². The molecule has 2 aliphatic heterocycles. The highest BCUT2D eigenvalue weighted by atomic mass is 32.2. The number of aromatic nitrogens is 1. The molecule has 1 saturated heterocycles. The average molecular weight is 424 g/mol. The van der Waals surface area contributed by atoms with E-state index in [0.29, 0.717) is 23.8 Å². The van der Waals surface area contributed by atoms with E-state index >= 15 is 0 Å². The van der Waals surface area contributed by atoms with Crippen molar-refractivity contribution in [2.24, 2.45) is 0 Å². The molecule has 0 radical (unpaired) electrons. The molecule has 0 saturated carbocycles. The zero-order valence-corrected chi connectivity index (χ0v) is 18.1. The number of rotatable bonds is 4. The molecule has 2 aliphatic rings. The van der Waals surface area contributed by atoms with Crippen LogP contribution in [0, 0.1) is 25.2 Å². The van der Waals surface area contributed by atoms with Gasteiger partial charge in [0.1, 0.15) is 11.1 Å². The molecule has 1 aromatic heterocycles. The van der Waals surface area contributed by atoms with Crippen LogP contribution >= 0.6 is 11.8 Å². The Balaban J connectivity index is 1.48. The van der Waals surface area contributed by atoms with Gasteiger partial charge in [-0.25, -0.2) is 4.98 Å². The van der Waals surface area contributed by atoms with Crippen LogP contribution < -0.4 is 9.47 Å². The lowest BCUT2D eigenvalue weighted by atomic mass is 10.0. The summed E-state index contributed by atoms with van der Waals surface area (Å²) in [5.41, 5.74) is 3.38. The number of carbonyl (C=O) groups is 1. The van der Waals surface area contributed by atoms with Crippen LogP contribution in [0.1, 0.15) is 47.7 Å². The van der Waals surface area contributed by atoms with E-state index in [9.17, 15) is 10.1 Å². The molecule has 2 aromatic rings. The first-order valence-corrected chi connectivity index (χ1v) is 11.3. The fraction of sp³-hybridized carbons (Fsp3) is 0.435. The number of hydrogen-bond donors (Lipinski definition) is 0. The fourth-order valence-electron chi connectivity index (χ4n) is 4.05. The predicted octanol–water partition coefficient (Wildman–Crippen LogP) is 4.19. The highest BCUT2D eigenvalue weighted by Gasteiger charge is 2.31. The lowest BCUT2D eigenvalue weighted by Crippen LogP contribution is -2.32. The molecular weight excluding hydrogens is 398 g/mol. The molecule has 0 N–H and O–H groups in total. The van der Waals surface area contributed by atoms with Crippen LogP contribution in [0.2, 0.25) is 0 Å². The van der Waals surface area contributed by atoms with Crippen LogP contribution in [0.4, 0.5) is 0 Å². The lowest BCUT2D eigenvalue weighted by molar-refractivity contribution is -0.129. The maximum atomic E-state index is 13.1. The Kier molecular flexibility index (Phi) is 6.14. The van der Waals surface area contributed by atoms with Crippen LogP contribution in [0.3, 0.4) is 0 Å². The molecule has 6 nitrogen and oxygen atoms in total. The first-order chi connectivity index (χ1) is 14.6. The minimum Gasteiger partial charge on any atom is -0.490 e. The molecule has 30 heavy (non-hydrogen) atoms. The van der Waals surface area contributed by atoms with Crippen LogP contribution in [0.5, 0.6) is 11.5 Å². The average Bonchev–Trinajstić information content (AvgIpc) is 3.10. The highest BCUT2D eigenvalue weighted by Crippen LogP contribution is 2.38. The van der Waals surface area contributed by atoms with Gasteiger partial charge in [-0.05, 0) is 56.0 Å². The number of hydrogen-bond acceptors (Lipinski definition) is 6. The second-order valence-electron chi connectivity index (χ2n) is 7.66. The Morgan fingerprint density at radius 3 is 2.83 bits per heavy atom. The summed E-state index contributed by atoms with van der Waals surface area (Å²) in [6.45, 7) is 5.85. The van der Waals surface area contributed by atoms with Gasteiger partial charge in [0.05, 0.1) is 30.6 Å². The van der Waals surface area contributed by atoms with Crippen molar-refractivity contribution in [2.75, 3.05) is 25.5 Å². The summed E-state index contributed by atoms with van der Waals surface area (Å²) in [5, 5.41) is 10.1. The van der Waals surface area contributed by atoms with Gasteiger partial charge >= 0.3 is 0 Å². The highest BCUT2D eigenvalue weighted by molar-refractivity contribution is 8.00. The molecule has 3 heterocycles. The Labute approximate surface area is 181 Å². The number of benzene rings is 1. The number of aryl methyl sites for hydroxylation is 2. The number of carbonyl (C=O) groups excluding carboxylic acids is 1. The number of nitrogens with zero attached hydrogens (tertiary/aromatic N) is 3. The van der Waals surface area contributed by atoms with E-state index in [2.05, 4.69) is 11.1 Å². The van der Waals surface area contributed by atoms with E-state index in [1.165, 1.54) is 11.8 Å². The van der Waals surface area contributed by atoms with Crippen molar-refractivity contribution < 1.29 is 14.3 Å². The molecule has 156 valence electrons. The summed E-state index contributed by atoms with van der Waals surface area (Å²) in [4.78, 5) is 19.5. The van der Waals surface area contributed by atoms with Crippen LogP contribution in [-0.2, 0) is 4.79 Å². The molecule has 1 unspecified atom stereocenters. The van der Waals surface area contributed by atoms with E-state index in [0.717, 1.165) is 54.1 Å². The Morgan fingerprint density at radius 1 is 1.23 bits per heavy atom. The molecule has 1 atom stereocenters. The third-order valence-corrected chi connectivity index (χ3v) is 6.45. The summed E-state index contributed by atoms with van der Waals surface area (Å²) < 4.78 is 11.6. The summed E-state index contributed by atoms with van der Waals surface area (Å²) in [5.74, 6) is 1.87. The van der Waals surface area contributed by atoms with Crippen molar-refractivity contribution in [3.8, 4) is 17.6 Å². The fourth-order valence-corrected chi connectivity index (χ4v) is 5.04. The smallest absolute Gasteiger partial charge is 0.233 e. The number of ether oxygens (including phenoxy) is 2. The van der Waals surface area contributed by atoms with E-state index in [-0.39, 0.29) is 17.7 Å². The zero-order chi connectivity index (χ0) is 21.1. The lowest BCUT2D eigenvalue weighted by Gasteiger charge is -2.25. The molecule has 0 bridgehead atoms. The van der Waals surface area contributed by atoms with Gasteiger partial charge in [-0.15, -0.1) is 0 Å². The molecule has 0 aliphatic carbocycles. The number of thioether (sulfide) groups is 1. The third kappa shape index (κ3) is 4.24. The zero-order valence-electron chi connectivity index (χ0n) is 17.3. The molecule has 4 rings (SSSR count). The van der Waals surface area contributed by atoms with E-state index in [1.807, 2.05) is 43.0 Å². The van der Waals surface area contributed by atoms with Gasteiger partial charge in [-0.1, -0.05) is 17.8 Å². The molecule has 7 heteroatoms. The number of likely N-dealkylation sites (tertiary alicyclic amines) is 1. The monoisotopic (exact) mass is 423 g/mol. The maximum Gasteiger partial charge on any atom is 0.233 e. The van der Waals surface area contributed by atoms with Gasteiger partial charge in [0, 0.05) is 18.7 Å². The summed E-state index contributed by atoms with van der Waals surface area (Å²) in [6.07, 6.45) is 2.77. The standard InChI is InChI=1S/C23H25N3O3S/c1-15-11-16(2)25-23(18(15)13-24)30-14-22(27)26-8-3-5-19(26)17-6-7-20-21(12-17)29-10-4-9-28-20/h6-7,11-12,19H,3-5,8-10,14H2,1-2H3. The van der Waals surface area contributed by atoms with Gasteiger partial charge in [0.2, 0.25) is 5.91 Å². The van der Waals surface area contributed by atoms with Crippen molar-refractivity contribution >= 4 is 17.7 Å². The second kappa shape index (κ2) is 8.97. The van der Waals surface area contributed by atoms with Crippen molar-refractivity contribution in [3.05, 3.63) is 46.6 Å². The van der Waals surface area contributed by atoms with Gasteiger partial charge in [-0.2, -0.15) is 5.26 Å².